The summed E-state index contributed by atoms with van der Waals surface area (Å²) in [4.78, 5) is 15.6. The van der Waals surface area contributed by atoms with Crippen LogP contribution in [0.1, 0.15) is 0 Å². The Kier molecular flexibility index (Phi) is 5.79. The molecule has 0 saturated carbocycles. The molecule has 0 aliphatic rings. The number of fused-ring (bicyclic) bond motifs is 4. The summed E-state index contributed by atoms with van der Waals surface area (Å²) in [6, 6.07) is 52.6. The highest BCUT2D eigenvalue weighted by Crippen LogP contribution is 2.39. The molecule has 196 valence electrons. The number of rotatable bonds is 4. The molecular weight excluding hydrogens is 510 g/mol. The van der Waals surface area contributed by atoms with Gasteiger partial charge in [-0.05, 0) is 34.0 Å². The molecule has 8 aromatic rings. The maximum Gasteiger partial charge on any atom is 0.160 e. The summed E-state index contributed by atoms with van der Waals surface area (Å²) >= 11 is 0. The topological polar surface area (TPSA) is 38.7 Å². The van der Waals surface area contributed by atoms with Crippen molar-refractivity contribution in [3.63, 3.8) is 0 Å². The van der Waals surface area contributed by atoms with Crippen molar-refractivity contribution in [3.05, 3.63) is 152 Å². The van der Waals surface area contributed by atoms with Crippen molar-refractivity contribution >= 4 is 32.6 Å². The van der Waals surface area contributed by atoms with E-state index < -0.39 is 0 Å². The number of hydrogen-bond donors (Lipinski definition) is 0. The molecule has 2 heterocycles. The summed E-state index contributed by atoms with van der Waals surface area (Å²) in [5.41, 5.74) is 9.09. The Balaban J connectivity index is 1.45. The van der Waals surface area contributed by atoms with E-state index in [4.69, 9.17) is 15.0 Å². The smallest absolute Gasteiger partial charge is 0.160 e. The van der Waals surface area contributed by atoms with Crippen LogP contribution in [0.5, 0.6) is 0 Å². The summed E-state index contributed by atoms with van der Waals surface area (Å²) in [6.07, 6.45) is 0. The molecule has 2 aromatic heterocycles. The molecule has 42 heavy (non-hydrogen) atoms. The molecule has 3 heteroatoms. The molecule has 0 amide bonds. The van der Waals surface area contributed by atoms with Gasteiger partial charge in [-0.15, -0.1) is 0 Å². The fourth-order valence-corrected chi connectivity index (χ4v) is 5.84. The molecule has 6 aromatic carbocycles. The average Bonchev–Trinajstić information content (AvgIpc) is 3.08. The Labute approximate surface area is 243 Å². The second-order valence-electron chi connectivity index (χ2n) is 10.4. The van der Waals surface area contributed by atoms with E-state index in [0.29, 0.717) is 5.82 Å². The Morgan fingerprint density at radius 3 is 1.62 bits per heavy atom. The molecule has 0 fully saturated rings. The Morgan fingerprint density at radius 1 is 0.333 bits per heavy atom. The van der Waals surface area contributed by atoms with E-state index in [1.807, 2.05) is 36.4 Å². The largest absolute Gasteiger partial charge is 0.245 e. The van der Waals surface area contributed by atoms with E-state index in [0.717, 1.165) is 55.3 Å². The van der Waals surface area contributed by atoms with Crippen LogP contribution in [0.25, 0.3) is 77.6 Å². The fourth-order valence-electron chi connectivity index (χ4n) is 5.84. The monoisotopic (exact) mass is 535 g/mol. The van der Waals surface area contributed by atoms with Gasteiger partial charge in [0.1, 0.15) is 5.52 Å². The third-order valence-electron chi connectivity index (χ3n) is 7.89. The van der Waals surface area contributed by atoms with Gasteiger partial charge in [0.25, 0.3) is 0 Å². The summed E-state index contributed by atoms with van der Waals surface area (Å²) in [7, 11) is 0. The lowest BCUT2D eigenvalue weighted by atomic mass is 9.92. The van der Waals surface area contributed by atoms with Gasteiger partial charge in [-0.1, -0.05) is 140 Å². The molecule has 0 aliphatic carbocycles. The average molecular weight is 536 g/mol. The SMILES string of the molecule is c1ccc(-c2ccc3ccc4c(-c5ccc(-c6ccccc6)c6ccccc56)nc(-c5ccccc5)nc4c3n2)cc1. The first-order valence-electron chi connectivity index (χ1n) is 14.1. The Morgan fingerprint density at radius 2 is 0.905 bits per heavy atom. The molecule has 0 radical (unpaired) electrons. The molecule has 8 rings (SSSR count). The molecule has 0 N–H and O–H groups in total. The molecule has 0 bridgehead atoms. The quantitative estimate of drug-likeness (QED) is 0.211. The van der Waals surface area contributed by atoms with Crippen molar-refractivity contribution in [1.29, 1.82) is 0 Å². The van der Waals surface area contributed by atoms with Crippen LogP contribution < -0.4 is 0 Å². The van der Waals surface area contributed by atoms with Crippen molar-refractivity contribution in [2.45, 2.75) is 0 Å². The number of hydrogen-bond acceptors (Lipinski definition) is 3. The molecule has 0 atom stereocenters. The van der Waals surface area contributed by atoms with Crippen molar-refractivity contribution < 1.29 is 0 Å². The number of aromatic nitrogens is 3. The minimum absolute atomic E-state index is 0.689. The van der Waals surface area contributed by atoms with Gasteiger partial charge in [0, 0.05) is 27.5 Å². The van der Waals surface area contributed by atoms with Gasteiger partial charge in [0.05, 0.1) is 16.9 Å². The molecule has 0 unspecified atom stereocenters. The van der Waals surface area contributed by atoms with E-state index in [1.165, 1.54) is 16.5 Å². The highest BCUT2D eigenvalue weighted by molar-refractivity contribution is 6.13. The maximum atomic E-state index is 5.24. The first-order chi connectivity index (χ1) is 20.8. The maximum absolute atomic E-state index is 5.24. The van der Waals surface area contributed by atoms with E-state index in [1.54, 1.807) is 0 Å². The first kappa shape index (κ1) is 24.2. The number of benzene rings is 6. The fraction of sp³-hybridized carbons (Fsp3) is 0. The van der Waals surface area contributed by atoms with Gasteiger partial charge < -0.3 is 0 Å². The second kappa shape index (κ2) is 10.1. The van der Waals surface area contributed by atoms with Crippen LogP contribution >= 0.6 is 0 Å². The molecule has 0 aliphatic heterocycles. The van der Waals surface area contributed by atoms with Crippen LogP contribution in [0.15, 0.2) is 152 Å². The predicted molar refractivity (Wildman–Crippen MR) is 174 cm³/mol. The predicted octanol–water partition coefficient (Wildman–Crippen LogP) is 10.00. The molecule has 3 nitrogen and oxygen atoms in total. The van der Waals surface area contributed by atoms with E-state index in [2.05, 4.69) is 115 Å². The molecule has 0 spiro atoms. The zero-order chi connectivity index (χ0) is 27.9. The van der Waals surface area contributed by atoms with Gasteiger partial charge in [0.15, 0.2) is 5.82 Å². The highest BCUT2D eigenvalue weighted by Gasteiger charge is 2.18. The van der Waals surface area contributed by atoms with Gasteiger partial charge in [0.2, 0.25) is 0 Å². The lowest BCUT2D eigenvalue weighted by molar-refractivity contribution is 1.23. The summed E-state index contributed by atoms with van der Waals surface area (Å²) < 4.78 is 0. The third-order valence-corrected chi connectivity index (χ3v) is 7.89. The summed E-state index contributed by atoms with van der Waals surface area (Å²) in [5, 5.41) is 4.39. The van der Waals surface area contributed by atoms with Crippen molar-refractivity contribution in [1.82, 2.24) is 15.0 Å². The minimum atomic E-state index is 0.689. The number of nitrogens with zero attached hydrogens (tertiary/aromatic N) is 3. The lowest BCUT2D eigenvalue weighted by Gasteiger charge is -2.15. The van der Waals surface area contributed by atoms with Crippen LogP contribution in [-0.2, 0) is 0 Å². The van der Waals surface area contributed by atoms with E-state index in [-0.39, 0.29) is 0 Å². The summed E-state index contributed by atoms with van der Waals surface area (Å²) in [6.45, 7) is 0. The van der Waals surface area contributed by atoms with Gasteiger partial charge in [-0.25, -0.2) is 15.0 Å². The van der Waals surface area contributed by atoms with Gasteiger partial charge >= 0.3 is 0 Å². The van der Waals surface area contributed by atoms with E-state index in [9.17, 15) is 0 Å². The van der Waals surface area contributed by atoms with Gasteiger partial charge in [-0.2, -0.15) is 0 Å². The molecular formula is C39H25N3. The normalized spacial score (nSPS) is 11.3. The van der Waals surface area contributed by atoms with Gasteiger partial charge in [-0.3, -0.25) is 0 Å². The molecule has 0 saturated heterocycles. The van der Waals surface area contributed by atoms with Crippen molar-refractivity contribution in [2.24, 2.45) is 0 Å². The van der Waals surface area contributed by atoms with E-state index >= 15 is 0 Å². The second-order valence-corrected chi connectivity index (χ2v) is 10.4. The lowest BCUT2D eigenvalue weighted by Crippen LogP contribution is -1.98. The van der Waals surface area contributed by atoms with Crippen LogP contribution in [0.4, 0.5) is 0 Å². The number of pyridine rings is 1. The Bertz CT molecular complexity index is 2230. The van der Waals surface area contributed by atoms with Crippen LogP contribution in [0.3, 0.4) is 0 Å². The third kappa shape index (κ3) is 4.11. The van der Waals surface area contributed by atoms with Crippen molar-refractivity contribution in [2.75, 3.05) is 0 Å². The Hall–Kier alpha value is -5.67. The first-order valence-corrected chi connectivity index (χ1v) is 14.1. The standard InChI is InChI=1S/C39H25N3/c1-4-12-26(13-5-1)30-23-24-33(32-19-11-10-18-31(30)32)37-34-22-20-28-21-25-35(27-14-6-2-7-15-27)40-36(28)38(34)42-39(41-37)29-16-8-3-9-17-29/h1-25H. The van der Waals surface area contributed by atoms with Crippen LogP contribution in [-0.4, -0.2) is 15.0 Å². The van der Waals surface area contributed by atoms with Crippen LogP contribution in [0.2, 0.25) is 0 Å². The zero-order valence-electron chi connectivity index (χ0n) is 22.8. The van der Waals surface area contributed by atoms with Crippen molar-refractivity contribution in [3.8, 4) is 45.0 Å². The zero-order valence-corrected chi connectivity index (χ0v) is 22.8. The van der Waals surface area contributed by atoms with Crippen LogP contribution in [0, 0.1) is 0 Å². The highest BCUT2D eigenvalue weighted by atomic mass is 14.9. The summed E-state index contributed by atoms with van der Waals surface area (Å²) in [5.74, 6) is 0.689. The minimum Gasteiger partial charge on any atom is -0.245 e.